The highest BCUT2D eigenvalue weighted by Crippen LogP contribution is 2.07. The van der Waals surface area contributed by atoms with Gasteiger partial charge in [0.1, 0.15) is 5.60 Å². The van der Waals surface area contributed by atoms with E-state index in [1.54, 1.807) is 27.7 Å². The first-order valence-electron chi connectivity index (χ1n) is 3.38. The first-order valence-corrected chi connectivity index (χ1v) is 3.38. The molecule has 1 N–H and O–H groups in total. The van der Waals surface area contributed by atoms with Crippen LogP contribution >= 0.6 is 0 Å². The molecule has 0 bridgehead atoms. The molecule has 0 spiro atoms. The van der Waals surface area contributed by atoms with Gasteiger partial charge >= 0.3 is 0 Å². The van der Waals surface area contributed by atoms with E-state index in [0.717, 1.165) is 0 Å². The van der Waals surface area contributed by atoms with Crippen LogP contribution in [0.3, 0.4) is 0 Å². The molecule has 0 aliphatic rings. The molecule has 0 heterocycles. The van der Waals surface area contributed by atoms with Gasteiger partial charge in [-0.15, -0.1) is 4.91 Å². The zero-order valence-corrected chi connectivity index (χ0v) is 7.30. The lowest BCUT2D eigenvalue weighted by atomic mass is 10.1. The maximum Gasteiger partial charge on any atom is 0.157 e. The fourth-order valence-electron chi connectivity index (χ4n) is 0.329. The molecule has 11 heavy (non-hydrogen) atoms. The molecule has 0 aromatic carbocycles. The quantitative estimate of drug-likeness (QED) is 0.458. The van der Waals surface area contributed by atoms with Crippen LogP contribution in [-0.2, 0) is 0 Å². The van der Waals surface area contributed by atoms with Crippen molar-refractivity contribution in [2.24, 2.45) is 5.18 Å². The molecule has 0 saturated heterocycles. The third kappa shape index (κ3) is 5.56. The summed E-state index contributed by atoms with van der Waals surface area (Å²) in [5.41, 5.74) is -1.96. The van der Waals surface area contributed by atoms with Crippen molar-refractivity contribution in [3.8, 4) is 11.8 Å². The van der Waals surface area contributed by atoms with Gasteiger partial charge in [0.25, 0.3) is 0 Å². The van der Waals surface area contributed by atoms with Gasteiger partial charge in [-0.25, -0.2) is 0 Å². The molecule has 0 unspecified atom stereocenters. The van der Waals surface area contributed by atoms with E-state index in [1.165, 1.54) is 0 Å². The topological polar surface area (TPSA) is 49.7 Å². The van der Waals surface area contributed by atoms with E-state index in [-0.39, 0.29) is 0 Å². The minimum atomic E-state index is -1.05. The highest BCUT2D eigenvalue weighted by molar-refractivity contribution is 5.19. The molecule has 0 radical (unpaired) electrons. The van der Waals surface area contributed by atoms with Gasteiger partial charge in [-0.1, -0.05) is 17.0 Å². The number of hydrogen-bond donors (Lipinski definition) is 1. The molecule has 0 fully saturated rings. The van der Waals surface area contributed by atoms with Crippen molar-refractivity contribution in [2.45, 2.75) is 38.8 Å². The van der Waals surface area contributed by atoms with Gasteiger partial charge in [0.2, 0.25) is 0 Å². The number of hydrogen-bond acceptors (Lipinski definition) is 3. The number of rotatable bonds is 1. The van der Waals surface area contributed by atoms with Crippen molar-refractivity contribution in [3.63, 3.8) is 0 Å². The van der Waals surface area contributed by atoms with Gasteiger partial charge in [0.05, 0.1) is 0 Å². The molecule has 0 rings (SSSR count). The van der Waals surface area contributed by atoms with Gasteiger partial charge in [0.15, 0.2) is 5.54 Å². The zero-order valence-electron chi connectivity index (χ0n) is 7.30. The van der Waals surface area contributed by atoms with E-state index in [1.807, 2.05) is 0 Å². The van der Waals surface area contributed by atoms with Gasteiger partial charge < -0.3 is 5.11 Å². The Labute approximate surface area is 66.8 Å². The Morgan fingerprint density at radius 1 is 1.18 bits per heavy atom. The monoisotopic (exact) mass is 155 g/mol. The normalized spacial score (nSPS) is 11.7. The summed E-state index contributed by atoms with van der Waals surface area (Å²) in [7, 11) is 0. The SMILES string of the molecule is CC(C)(O)C#CC(C)(C)N=O. The lowest BCUT2D eigenvalue weighted by Crippen LogP contribution is -2.18. The standard InChI is InChI=1S/C8H13NO2/c1-7(2,9-11)5-6-8(3,4)10/h10H,1-4H3. The summed E-state index contributed by atoms with van der Waals surface area (Å²) in [6.07, 6.45) is 0. The van der Waals surface area contributed by atoms with Crippen molar-refractivity contribution in [3.05, 3.63) is 4.91 Å². The molecule has 62 valence electrons. The second kappa shape index (κ2) is 3.02. The lowest BCUT2D eigenvalue weighted by Gasteiger charge is -2.09. The summed E-state index contributed by atoms with van der Waals surface area (Å²) >= 11 is 0. The summed E-state index contributed by atoms with van der Waals surface area (Å²) in [6, 6.07) is 0. The number of nitroso groups, excluding NO2 is 1. The first-order chi connectivity index (χ1) is 4.77. The Morgan fingerprint density at radius 3 is 1.91 bits per heavy atom. The third-order valence-corrected chi connectivity index (χ3v) is 0.903. The van der Waals surface area contributed by atoms with E-state index in [2.05, 4.69) is 17.0 Å². The van der Waals surface area contributed by atoms with Crippen LogP contribution in [0, 0.1) is 16.7 Å². The zero-order chi connectivity index (χ0) is 9.12. The first kappa shape index (κ1) is 10.1. The van der Waals surface area contributed by atoms with E-state index in [0.29, 0.717) is 0 Å². The van der Waals surface area contributed by atoms with Crippen LogP contribution in [0.15, 0.2) is 5.18 Å². The summed E-state index contributed by atoms with van der Waals surface area (Å²) in [4.78, 5) is 10.1. The summed E-state index contributed by atoms with van der Waals surface area (Å²) in [5.74, 6) is 5.09. The molecule has 3 heteroatoms. The van der Waals surface area contributed by atoms with Gasteiger partial charge in [-0.3, -0.25) is 0 Å². The number of nitrogens with zero attached hydrogens (tertiary/aromatic N) is 1. The summed E-state index contributed by atoms with van der Waals surface area (Å²) < 4.78 is 0. The molecule has 3 nitrogen and oxygen atoms in total. The Bertz CT molecular complexity index is 202. The van der Waals surface area contributed by atoms with E-state index in [9.17, 15) is 4.91 Å². The average molecular weight is 155 g/mol. The smallest absolute Gasteiger partial charge is 0.157 e. The molecule has 0 saturated carbocycles. The van der Waals surface area contributed by atoms with Gasteiger partial charge in [0, 0.05) is 0 Å². The summed E-state index contributed by atoms with van der Waals surface area (Å²) in [5, 5.41) is 11.9. The van der Waals surface area contributed by atoms with Crippen LogP contribution in [0.2, 0.25) is 0 Å². The van der Waals surface area contributed by atoms with Crippen molar-refractivity contribution >= 4 is 0 Å². The molecule has 0 aromatic rings. The lowest BCUT2D eigenvalue weighted by molar-refractivity contribution is 0.143. The van der Waals surface area contributed by atoms with Crippen molar-refractivity contribution in [2.75, 3.05) is 0 Å². The fourth-order valence-corrected chi connectivity index (χ4v) is 0.329. The van der Waals surface area contributed by atoms with Gasteiger partial charge in [-0.05, 0) is 27.7 Å². The average Bonchev–Trinajstić information content (AvgIpc) is 1.83. The van der Waals surface area contributed by atoms with Crippen molar-refractivity contribution < 1.29 is 5.11 Å². The van der Waals surface area contributed by atoms with Crippen molar-refractivity contribution in [1.29, 1.82) is 0 Å². The van der Waals surface area contributed by atoms with E-state index < -0.39 is 11.1 Å². The minimum Gasteiger partial charge on any atom is -0.378 e. The molecule has 0 aliphatic carbocycles. The maximum atomic E-state index is 10.1. The third-order valence-electron chi connectivity index (χ3n) is 0.903. The van der Waals surface area contributed by atoms with Crippen molar-refractivity contribution in [1.82, 2.24) is 0 Å². The minimum absolute atomic E-state index is 0.903. The van der Waals surface area contributed by atoms with Crippen LogP contribution in [0.25, 0.3) is 0 Å². The van der Waals surface area contributed by atoms with Crippen LogP contribution in [0.5, 0.6) is 0 Å². The Balaban J connectivity index is 4.41. The molecular formula is C8H13NO2. The molecule has 0 aromatic heterocycles. The predicted molar refractivity (Wildman–Crippen MR) is 43.9 cm³/mol. The second-order valence-electron chi connectivity index (χ2n) is 3.46. The molecule has 0 atom stereocenters. The highest BCUT2D eigenvalue weighted by atomic mass is 16.3. The van der Waals surface area contributed by atoms with E-state index >= 15 is 0 Å². The second-order valence-corrected chi connectivity index (χ2v) is 3.46. The Kier molecular flexibility index (Phi) is 2.77. The molecular weight excluding hydrogens is 142 g/mol. The number of aliphatic hydroxyl groups is 1. The van der Waals surface area contributed by atoms with Crippen LogP contribution < -0.4 is 0 Å². The maximum absolute atomic E-state index is 10.1. The van der Waals surface area contributed by atoms with Crippen LogP contribution in [0.4, 0.5) is 0 Å². The Hall–Kier alpha value is -0.880. The largest absolute Gasteiger partial charge is 0.378 e. The van der Waals surface area contributed by atoms with Crippen LogP contribution in [0.1, 0.15) is 27.7 Å². The summed E-state index contributed by atoms with van der Waals surface area (Å²) in [6.45, 7) is 6.30. The molecule has 0 aliphatic heterocycles. The van der Waals surface area contributed by atoms with Crippen LogP contribution in [-0.4, -0.2) is 16.2 Å². The van der Waals surface area contributed by atoms with Gasteiger partial charge in [-0.2, -0.15) is 0 Å². The predicted octanol–water partition coefficient (Wildman–Crippen LogP) is 1.31. The molecule has 0 amide bonds. The fraction of sp³-hybridized carbons (Fsp3) is 0.750. The van der Waals surface area contributed by atoms with E-state index in [4.69, 9.17) is 5.11 Å². The Morgan fingerprint density at radius 2 is 1.64 bits per heavy atom. The highest BCUT2D eigenvalue weighted by Gasteiger charge is 2.15.